The molecule has 0 aromatic heterocycles. The maximum Gasteiger partial charge on any atom is 0.335 e. The lowest BCUT2D eigenvalue weighted by Gasteiger charge is -2.11. The van der Waals surface area contributed by atoms with Gasteiger partial charge in [-0.15, -0.1) is 11.8 Å². The molecule has 2 aromatic carbocycles. The predicted octanol–water partition coefficient (Wildman–Crippen LogP) is 4.53. The Kier molecular flexibility index (Phi) is 4.89. The molecule has 0 aliphatic heterocycles. The lowest BCUT2D eigenvalue weighted by atomic mass is 10.2. The maximum absolute atomic E-state index is 11.0. The van der Waals surface area contributed by atoms with Crippen molar-refractivity contribution in [3.63, 3.8) is 0 Å². The Balaban J connectivity index is 2.46. The average Bonchev–Trinajstić information content (AvgIpc) is 2.48. The van der Waals surface area contributed by atoms with E-state index in [0.717, 1.165) is 4.90 Å². The fourth-order valence-electron chi connectivity index (χ4n) is 1.71. The van der Waals surface area contributed by atoms with Crippen LogP contribution in [0.25, 0.3) is 0 Å². The molecular formula is C15H10BrNO3S. The van der Waals surface area contributed by atoms with Crippen LogP contribution in [-0.2, 0) is 0 Å². The van der Waals surface area contributed by atoms with Crippen molar-refractivity contribution in [2.24, 2.45) is 0 Å². The summed E-state index contributed by atoms with van der Waals surface area (Å²) < 4.78 is 6.34. The molecule has 0 radical (unpaired) electrons. The van der Waals surface area contributed by atoms with Gasteiger partial charge in [0.1, 0.15) is 23.1 Å². The fraction of sp³-hybridized carbons (Fsp3) is 0.0667. The molecule has 0 saturated carbocycles. The first kappa shape index (κ1) is 15.4. The van der Waals surface area contributed by atoms with E-state index in [1.165, 1.54) is 23.9 Å². The molecule has 0 spiro atoms. The van der Waals surface area contributed by atoms with Gasteiger partial charge in [0, 0.05) is 4.90 Å². The molecule has 0 atom stereocenters. The van der Waals surface area contributed by atoms with Crippen LogP contribution in [0.1, 0.15) is 15.9 Å². The molecule has 0 saturated heterocycles. The molecule has 2 aromatic rings. The predicted molar refractivity (Wildman–Crippen MR) is 84.1 cm³/mol. The first-order valence-electron chi connectivity index (χ1n) is 5.84. The third kappa shape index (κ3) is 3.38. The summed E-state index contributed by atoms with van der Waals surface area (Å²) >= 11 is 4.76. The molecular weight excluding hydrogens is 354 g/mol. The van der Waals surface area contributed by atoms with Crippen molar-refractivity contribution in [2.45, 2.75) is 4.90 Å². The van der Waals surface area contributed by atoms with Gasteiger partial charge in [-0.2, -0.15) is 5.26 Å². The Hall–Kier alpha value is -1.97. The van der Waals surface area contributed by atoms with Crippen LogP contribution in [0, 0.1) is 11.3 Å². The number of nitrogens with zero attached hydrogens (tertiary/aromatic N) is 1. The van der Waals surface area contributed by atoms with Gasteiger partial charge < -0.3 is 9.84 Å². The zero-order valence-electron chi connectivity index (χ0n) is 11.0. The minimum absolute atomic E-state index is 0.118. The average molecular weight is 364 g/mol. The van der Waals surface area contributed by atoms with Crippen LogP contribution in [0.5, 0.6) is 11.5 Å². The molecule has 0 fully saturated rings. The van der Waals surface area contributed by atoms with E-state index >= 15 is 0 Å². The van der Waals surface area contributed by atoms with Crippen molar-refractivity contribution in [1.82, 2.24) is 0 Å². The number of aromatic carboxylic acids is 1. The summed E-state index contributed by atoms with van der Waals surface area (Å²) in [4.78, 5) is 11.8. The van der Waals surface area contributed by atoms with E-state index in [1.807, 2.05) is 12.3 Å². The van der Waals surface area contributed by atoms with E-state index in [4.69, 9.17) is 9.84 Å². The highest BCUT2D eigenvalue weighted by molar-refractivity contribution is 9.10. The zero-order chi connectivity index (χ0) is 15.4. The van der Waals surface area contributed by atoms with E-state index in [-0.39, 0.29) is 5.56 Å². The Morgan fingerprint density at radius 3 is 2.71 bits per heavy atom. The van der Waals surface area contributed by atoms with Gasteiger partial charge >= 0.3 is 5.97 Å². The number of hydrogen-bond acceptors (Lipinski definition) is 4. The zero-order valence-corrected chi connectivity index (χ0v) is 13.4. The third-order valence-corrected chi connectivity index (χ3v) is 4.15. The summed E-state index contributed by atoms with van der Waals surface area (Å²) in [5.41, 5.74) is 0.547. The molecule has 0 heterocycles. The van der Waals surface area contributed by atoms with Gasteiger partial charge in [-0.05, 0) is 52.5 Å². The third-order valence-electron chi connectivity index (χ3n) is 2.72. The van der Waals surface area contributed by atoms with Gasteiger partial charge in [-0.25, -0.2) is 4.79 Å². The van der Waals surface area contributed by atoms with Gasteiger partial charge in [0.15, 0.2) is 0 Å². The van der Waals surface area contributed by atoms with Crippen LogP contribution in [0.4, 0.5) is 0 Å². The smallest absolute Gasteiger partial charge is 0.335 e. The lowest BCUT2D eigenvalue weighted by Crippen LogP contribution is -1.97. The van der Waals surface area contributed by atoms with Gasteiger partial charge in [0.25, 0.3) is 0 Å². The number of ether oxygens (including phenoxy) is 1. The number of benzene rings is 2. The summed E-state index contributed by atoms with van der Waals surface area (Å²) in [6.07, 6.45) is 1.88. The van der Waals surface area contributed by atoms with Crippen LogP contribution >= 0.6 is 27.7 Å². The largest absolute Gasteiger partial charge is 0.478 e. The number of hydrogen-bond donors (Lipinski definition) is 1. The molecule has 0 amide bonds. The summed E-state index contributed by atoms with van der Waals surface area (Å²) in [6.45, 7) is 0. The lowest BCUT2D eigenvalue weighted by molar-refractivity contribution is 0.0696. The minimum atomic E-state index is -1.04. The topological polar surface area (TPSA) is 70.3 Å². The monoisotopic (exact) mass is 363 g/mol. The number of carboxylic acid groups (broad SMARTS) is 1. The highest BCUT2D eigenvalue weighted by Crippen LogP contribution is 2.35. The number of thioether (sulfide) groups is 1. The quantitative estimate of drug-likeness (QED) is 0.807. The first-order valence-corrected chi connectivity index (χ1v) is 7.86. The van der Waals surface area contributed by atoms with Crippen LogP contribution in [0.2, 0.25) is 0 Å². The summed E-state index contributed by atoms with van der Waals surface area (Å²) in [5.74, 6) is -0.289. The Morgan fingerprint density at radius 1 is 1.33 bits per heavy atom. The molecule has 4 nitrogen and oxygen atoms in total. The molecule has 6 heteroatoms. The van der Waals surface area contributed by atoms with Crippen LogP contribution in [0.3, 0.4) is 0 Å². The van der Waals surface area contributed by atoms with Crippen LogP contribution in [-0.4, -0.2) is 17.3 Å². The van der Waals surface area contributed by atoms with E-state index in [9.17, 15) is 10.1 Å². The second kappa shape index (κ2) is 6.66. The second-order valence-corrected chi connectivity index (χ2v) is 5.70. The van der Waals surface area contributed by atoms with Crippen molar-refractivity contribution < 1.29 is 14.6 Å². The highest BCUT2D eigenvalue weighted by atomic mass is 79.9. The molecule has 0 bridgehead atoms. The number of carboxylic acids is 1. The Morgan fingerprint density at radius 2 is 2.10 bits per heavy atom. The van der Waals surface area contributed by atoms with E-state index < -0.39 is 5.97 Å². The van der Waals surface area contributed by atoms with Gasteiger partial charge in [0.05, 0.1) is 10.0 Å². The maximum atomic E-state index is 11.0. The number of rotatable bonds is 4. The van der Waals surface area contributed by atoms with E-state index in [2.05, 4.69) is 22.0 Å². The fourth-order valence-corrected chi connectivity index (χ4v) is 2.60. The van der Waals surface area contributed by atoms with E-state index in [1.54, 1.807) is 18.2 Å². The summed E-state index contributed by atoms with van der Waals surface area (Å²) in [7, 11) is 0. The molecule has 106 valence electrons. The normalized spacial score (nSPS) is 9.95. The van der Waals surface area contributed by atoms with Crippen LogP contribution in [0.15, 0.2) is 45.8 Å². The number of carbonyl (C=O) groups is 1. The number of nitriles is 1. The SMILES string of the molecule is CSc1cccc(Oc2cc(C(=O)O)ccc2Br)c1C#N. The molecule has 0 aliphatic carbocycles. The molecule has 0 unspecified atom stereocenters. The van der Waals surface area contributed by atoms with Gasteiger partial charge in [-0.1, -0.05) is 6.07 Å². The van der Waals surface area contributed by atoms with Crippen molar-refractivity contribution in [1.29, 1.82) is 5.26 Å². The molecule has 21 heavy (non-hydrogen) atoms. The summed E-state index contributed by atoms with van der Waals surface area (Å²) in [5, 5.41) is 18.3. The second-order valence-electron chi connectivity index (χ2n) is 4.00. The van der Waals surface area contributed by atoms with Crippen LogP contribution < -0.4 is 4.74 Å². The molecule has 1 N–H and O–H groups in total. The van der Waals surface area contributed by atoms with Gasteiger partial charge in [0.2, 0.25) is 0 Å². The van der Waals surface area contributed by atoms with Crippen molar-refractivity contribution >= 4 is 33.7 Å². The van der Waals surface area contributed by atoms with E-state index in [0.29, 0.717) is 21.5 Å². The Labute approximate surface area is 134 Å². The number of halogens is 1. The molecule has 0 aliphatic rings. The molecule has 2 rings (SSSR count). The van der Waals surface area contributed by atoms with Crippen molar-refractivity contribution in [2.75, 3.05) is 6.26 Å². The van der Waals surface area contributed by atoms with Crippen molar-refractivity contribution in [3.05, 3.63) is 52.0 Å². The standard InChI is InChI=1S/C15H10BrNO3S/c1-21-14-4-2-3-12(10(14)8-17)20-13-7-9(15(18)19)5-6-11(13)16/h2-7H,1H3,(H,18,19). The minimum Gasteiger partial charge on any atom is -0.478 e. The highest BCUT2D eigenvalue weighted by Gasteiger charge is 2.13. The van der Waals surface area contributed by atoms with Gasteiger partial charge in [-0.3, -0.25) is 0 Å². The Bertz CT molecular complexity index is 740. The first-order chi connectivity index (χ1) is 10.1. The van der Waals surface area contributed by atoms with Crippen molar-refractivity contribution in [3.8, 4) is 17.6 Å². The summed E-state index contributed by atoms with van der Waals surface area (Å²) in [6, 6.07) is 11.9.